The Labute approximate surface area is 109 Å². The minimum atomic E-state index is -3.81. The Morgan fingerprint density at radius 2 is 2.18 bits per heavy atom. The van der Waals surface area contributed by atoms with E-state index < -0.39 is 15.2 Å². The van der Waals surface area contributed by atoms with Crippen LogP contribution in [0.2, 0.25) is 5.02 Å². The fourth-order valence-electron chi connectivity index (χ4n) is 1.08. The second-order valence-electron chi connectivity index (χ2n) is 3.17. The molecule has 0 saturated heterocycles. The lowest BCUT2D eigenvalue weighted by Gasteiger charge is -2.11. The molecule has 0 amide bonds. The Morgan fingerprint density at radius 1 is 1.53 bits per heavy atom. The summed E-state index contributed by atoms with van der Waals surface area (Å²) in [5.41, 5.74) is 0. The predicted octanol–water partition coefficient (Wildman–Crippen LogP) is 2.95. The Morgan fingerprint density at radius 3 is 2.59 bits per heavy atom. The van der Waals surface area contributed by atoms with Gasteiger partial charge < -0.3 is 4.74 Å². The maximum Gasteiger partial charge on any atom is 0.261 e. The highest BCUT2D eigenvalue weighted by atomic mass is 35.7. The highest BCUT2D eigenvalue weighted by Crippen LogP contribution is 2.29. The van der Waals surface area contributed by atoms with Gasteiger partial charge in [0.15, 0.2) is 6.10 Å². The number of ether oxygens (including phenoxy) is 1. The minimum Gasteiger partial charge on any atom is -0.474 e. The van der Waals surface area contributed by atoms with E-state index in [-0.39, 0.29) is 15.7 Å². The first-order chi connectivity index (χ1) is 7.88. The SMILES string of the molecule is CCC(C#N)Oc1ccc(S(=O)(=O)Cl)cc1Cl. The summed E-state index contributed by atoms with van der Waals surface area (Å²) >= 11 is 5.84. The van der Waals surface area contributed by atoms with Crippen LogP contribution in [0.5, 0.6) is 5.75 Å². The van der Waals surface area contributed by atoms with Crippen molar-refractivity contribution in [1.29, 1.82) is 5.26 Å². The van der Waals surface area contributed by atoms with Crippen molar-refractivity contribution in [2.75, 3.05) is 0 Å². The highest BCUT2D eigenvalue weighted by molar-refractivity contribution is 8.13. The zero-order chi connectivity index (χ0) is 13.1. The van der Waals surface area contributed by atoms with Crippen LogP contribution in [0.4, 0.5) is 0 Å². The van der Waals surface area contributed by atoms with Crippen LogP contribution in [0.15, 0.2) is 23.1 Å². The molecule has 0 saturated carbocycles. The van der Waals surface area contributed by atoms with Crippen molar-refractivity contribution in [1.82, 2.24) is 0 Å². The van der Waals surface area contributed by atoms with Gasteiger partial charge in [-0.15, -0.1) is 0 Å². The molecule has 0 N–H and O–H groups in total. The third-order valence-electron chi connectivity index (χ3n) is 1.97. The van der Waals surface area contributed by atoms with Crippen LogP contribution >= 0.6 is 22.3 Å². The smallest absolute Gasteiger partial charge is 0.261 e. The van der Waals surface area contributed by atoms with E-state index >= 15 is 0 Å². The number of benzene rings is 1. The number of nitrogens with zero attached hydrogens (tertiary/aromatic N) is 1. The molecule has 4 nitrogen and oxygen atoms in total. The van der Waals surface area contributed by atoms with Gasteiger partial charge in [-0.05, 0) is 24.6 Å². The molecular weight excluding hydrogens is 285 g/mol. The van der Waals surface area contributed by atoms with Gasteiger partial charge in [0.2, 0.25) is 0 Å². The van der Waals surface area contributed by atoms with E-state index in [0.29, 0.717) is 6.42 Å². The van der Waals surface area contributed by atoms with Crippen molar-refractivity contribution in [3.8, 4) is 11.8 Å². The second-order valence-corrected chi connectivity index (χ2v) is 6.15. The molecule has 0 aliphatic heterocycles. The van der Waals surface area contributed by atoms with Gasteiger partial charge in [-0.1, -0.05) is 18.5 Å². The van der Waals surface area contributed by atoms with Crippen molar-refractivity contribution in [3.05, 3.63) is 23.2 Å². The summed E-state index contributed by atoms with van der Waals surface area (Å²) in [7, 11) is 1.35. The summed E-state index contributed by atoms with van der Waals surface area (Å²) in [4.78, 5) is -0.110. The summed E-state index contributed by atoms with van der Waals surface area (Å²) in [5.74, 6) is 0.254. The fourth-order valence-corrected chi connectivity index (χ4v) is 2.15. The molecule has 1 aromatic carbocycles. The second kappa shape index (κ2) is 5.58. The molecule has 17 heavy (non-hydrogen) atoms. The molecule has 0 fully saturated rings. The molecule has 0 heterocycles. The van der Waals surface area contributed by atoms with Crippen molar-refractivity contribution < 1.29 is 13.2 Å². The lowest BCUT2D eigenvalue weighted by molar-refractivity contribution is 0.252. The normalized spacial score (nSPS) is 12.8. The largest absolute Gasteiger partial charge is 0.474 e. The Balaban J connectivity index is 3.03. The Kier molecular flexibility index (Phi) is 4.63. The summed E-state index contributed by atoms with van der Waals surface area (Å²) in [6.45, 7) is 1.79. The molecule has 0 bridgehead atoms. The van der Waals surface area contributed by atoms with Crippen LogP contribution in [-0.4, -0.2) is 14.5 Å². The molecule has 0 spiro atoms. The van der Waals surface area contributed by atoms with Crippen LogP contribution in [0.25, 0.3) is 0 Å². The fraction of sp³-hybridized carbons (Fsp3) is 0.300. The van der Waals surface area contributed by atoms with Gasteiger partial charge in [-0.3, -0.25) is 0 Å². The van der Waals surface area contributed by atoms with Crippen LogP contribution in [-0.2, 0) is 9.05 Å². The lowest BCUT2D eigenvalue weighted by Crippen LogP contribution is -2.12. The summed E-state index contributed by atoms with van der Waals surface area (Å²) in [6.07, 6.45) is -0.117. The molecule has 92 valence electrons. The Hall–Kier alpha value is -0.960. The topological polar surface area (TPSA) is 67.2 Å². The third kappa shape index (κ3) is 3.77. The van der Waals surface area contributed by atoms with E-state index in [9.17, 15) is 8.42 Å². The van der Waals surface area contributed by atoms with Crippen molar-refractivity contribution >= 4 is 31.3 Å². The van der Waals surface area contributed by atoms with Gasteiger partial charge >= 0.3 is 0 Å². The number of hydrogen-bond acceptors (Lipinski definition) is 4. The maximum atomic E-state index is 11.0. The number of halogens is 2. The van der Waals surface area contributed by atoms with Gasteiger partial charge in [-0.25, -0.2) is 8.42 Å². The summed E-state index contributed by atoms with van der Waals surface area (Å²) in [6, 6.07) is 5.78. The molecule has 1 rings (SSSR count). The lowest BCUT2D eigenvalue weighted by atomic mass is 10.3. The van der Waals surface area contributed by atoms with Crippen LogP contribution < -0.4 is 4.74 Å². The summed E-state index contributed by atoms with van der Waals surface area (Å²) < 4.78 is 27.4. The first kappa shape index (κ1) is 14.1. The molecule has 1 aromatic rings. The van der Waals surface area contributed by atoms with Gasteiger partial charge in [0.1, 0.15) is 11.8 Å². The number of nitriles is 1. The predicted molar refractivity (Wildman–Crippen MR) is 64.8 cm³/mol. The number of hydrogen-bond donors (Lipinski definition) is 0. The van der Waals surface area contributed by atoms with Crippen LogP contribution in [0.1, 0.15) is 13.3 Å². The standard InChI is InChI=1S/C10H9Cl2NO3S/c1-2-7(6-13)16-10-4-3-8(5-9(10)11)17(12,14)15/h3-5,7H,2H2,1H3. The first-order valence-electron chi connectivity index (χ1n) is 4.69. The van der Waals surface area contributed by atoms with Gasteiger partial charge in [0.25, 0.3) is 9.05 Å². The highest BCUT2D eigenvalue weighted by Gasteiger charge is 2.14. The van der Waals surface area contributed by atoms with Crippen molar-refractivity contribution in [2.45, 2.75) is 24.3 Å². The molecule has 0 radical (unpaired) electrons. The van der Waals surface area contributed by atoms with E-state index in [1.807, 2.05) is 6.07 Å². The quantitative estimate of drug-likeness (QED) is 0.801. The van der Waals surface area contributed by atoms with Gasteiger partial charge in [-0.2, -0.15) is 5.26 Å². The number of rotatable bonds is 4. The third-order valence-corrected chi connectivity index (χ3v) is 3.62. The molecule has 1 unspecified atom stereocenters. The zero-order valence-corrected chi connectivity index (χ0v) is 11.2. The maximum absolute atomic E-state index is 11.0. The van der Waals surface area contributed by atoms with Crippen molar-refractivity contribution in [3.63, 3.8) is 0 Å². The summed E-state index contributed by atoms with van der Waals surface area (Å²) in [5, 5.41) is 8.82. The van der Waals surface area contributed by atoms with E-state index in [0.717, 1.165) is 0 Å². The van der Waals surface area contributed by atoms with E-state index in [2.05, 4.69) is 0 Å². The van der Waals surface area contributed by atoms with E-state index in [4.69, 9.17) is 32.3 Å². The molecule has 1 atom stereocenters. The minimum absolute atomic E-state index is 0.0976. The zero-order valence-electron chi connectivity index (χ0n) is 8.85. The average Bonchev–Trinajstić information content (AvgIpc) is 2.26. The molecule has 0 aliphatic rings. The Bertz CT molecular complexity index is 551. The van der Waals surface area contributed by atoms with Gasteiger partial charge in [0.05, 0.1) is 9.92 Å². The average molecular weight is 294 g/mol. The monoisotopic (exact) mass is 293 g/mol. The molecule has 0 aliphatic carbocycles. The van der Waals surface area contributed by atoms with Crippen LogP contribution in [0, 0.1) is 11.3 Å². The van der Waals surface area contributed by atoms with E-state index in [1.165, 1.54) is 18.2 Å². The van der Waals surface area contributed by atoms with E-state index in [1.54, 1.807) is 6.92 Å². The molecule has 0 aromatic heterocycles. The first-order valence-corrected chi connectivity index (χ1v) is 7.37. The molecule has 7 heteroatoms. The molecular formula is C10H9Cl2NO3S. The van der Waals surface area contributed by atoms with Gasteiger partial charge in [0, 0.05) is 10.7 Å². The van der Waals surface area contributed by atoms with Crippen LogP contribution in [0.3, 0.4) is 0 Å². The van der Waals surface area contributed by atoms with Crippen molar-refractivity contribution in [2.24, 2.45) is 0 Å².